The lowest BCUT2D eigenvalue weighted by Gasteiger charge is -2.35. The molecule has 28 heavy (non-hydrogen) atoms. The zero-order chi connectivity index (χ0) is 20.0. The van der Waals surface area contributed by atoms with Crippen LogP contribution in [0.25, 0.3) is 0 Å². The van der Waals surface area contributed by atoms with Gasteiger partial charge in [-0.05, 0) is 37.1 Å². The van der Waals surface area contributed by atoms with E-state index < -0.39 is 5.54 Å². The quantitative estimate of drug-likeness (QED) is 0.713. The van der Waals surface area contributed by atoms with Gasteiger partial charge in [0.25, 0.3) is 0 Å². The minimum absolute atomic E-state index is 0.0891. The second kappa shape index (κ2) is 9.14. The predicted molar refractivity (Wildman–Crippen MR) is 103 cm³/mol. The molecule has 0 bridgehead atoms. The number of carbonyl (C=O) groups excluding carboxylic acids is 2. The third-order valence-electron chi connectivity index (χ3n) is 4.78. The van der Waals surface area contributed by atoms with E-state index in [9.17, 15) is 14.0 Å². The molecular formula is C20H23FN2O4S. The van der Waals surface area contributed by atoms with E-state index in [1.165, 1.54) is 30.6 Å². The van der Waals surface area contributed by atoms with Crippen molar-refractivity contribution in [1.29, 1.82) is 0 Å². The molecule has 0 aliphatic heterocycles. The fourth-order valence-electron chi connectivity index (χ4n) is 3.38. The maximum atomic E-state index is 12.9. The number of nitrogens with zero attached hydrogens (tertiary/aromatic N) is 1. The summed E-state index contributed by atoms with van der Waals surface area (Å²) < 4.78 is 23.4. The summed E-state index contributed by atoms with van der Waals surface area (Å²) in [6.07, 6.45) is 4.11. The first-order valence-electron chi connectivity index (χ1n) is 9.22. The summed E-state index contributed by atoms with van der Waals surface area (Å²) >= 11 is 1.39. The van der Waals surface area contributed by atoms with E-state index in [2.05, 4.69) is 10.3 Å². The van der Waals surface area contributed by atoms with Crippen LogP contribution in [0.2, 0.25) is 0 Å². The number of ether oxygens (including phenoxy) is 2. The first-order valence-corrected chi connectivity index (χ1v) is 10.1. The first kappa shape index (κ1) is 20.3. The van der Waals surface area contributed by atoms with Crippen molar-refractivity contribution in [3.8, 4) is 5.75 Å². The fourth-order valence-corrected chi connectivity index (χ4v) is 4.08. The number of carbonyl (C=O) groups is 2. The fraction of sp³-hybridized carbons (Fsp3) is 0.450. The summed E-state index contributed by atoms with van der Waals surface area (Å²) in [5, 5.41) is 5.40. The van der Waals surface area contributed by atoms with Gasteiger partial charge in [0.2, 0.25) is 5.91 Å². The van der Waals surface area contributed by atoms with E-state index in [0.29, 0.717) is 29.3 Å². The van der Waals surface area contributed by atoms with Crippen LogP contribution in [-0.2, 0) is 27.4 Å². The zero-order valence-electron chi connectivity index (χ0n) is 15.7. The molecule has 3 rings (SSSR count). The van der Waals surface area contributed by atoms with E-state index >= 15 is 0 Å². The van der Waals surface area contributed by atoms with Crippen LogP contribution >= 0.6 is 11.3 Å². The molecule has 1 aromatic carbocycles. The minimum atomic E-state index is -0.922. The van der Waals surface area contributed by atoms with Crippen molar-refractivity contribution < 1.29 is 23.5 Å². The summed E-state index contributed by atoms with van der Waals surface area (Å²) in [6.45, 7) is 0.240. The number of amides is 1. The summed E-state index contributed by atoms with van der Waals surface area (Å²) in [6, 6.07) is 5.76. The van der Waals surface area contributed by atoms with Gasteiger partial charge < -0.3 is 14.8 Å². The van der Waals surface area contributed by atoms with Gasteiger partial charge in [-0.15, -0.1) is 11.3 Å². The smallest absolute Gasteiger partial charge is 0.331 e. The third-order valence-corrected chi connectivity index (χ3v) is 5.65. The Hall–Kier alpha value is -2.48. The highest BCUT2D eigenvalue weighted by atomic mass is 32.1. The highest BCUT2D eigenvalue weighted by Gasteiger charge is 2.41. The van der Waals surface area contributed by atoms with Gasteiger partial charge in [-0.25, -0.2) is 14.2 Å². The van der Waals surface area contributed by atoms with E-state index in [0.717, 1.165) is 19.3 Å². The number of esters is 1. The number of methoxy groups -OCH3 is 1. The van der Waals surface area contributed by atoms with Gasteiger partial charge in [-0.1, -0.05) is 19.3 Å². The Morgan fingerprint density at radius 2 is 1.93 bits per heavy atom. The molecule has 6 nitrogen and oxygen atoms in total. The lowest BCUT2D eigenvalue weighted by molar-refractivity contribution is -0.152. The molecule has 1 N–H and O–H groups in total. The molecule has 1 amide bonds. The molecule has 2 aromatic rings. The summed E-state index contributed by atoms with van der Waals surface area (Å²) in [4.78, 5) is 29.1. The minimum Gasteiger partial charge on any atom is -0.486 e. The van der Waals surface area contributed by atoms with Crippen molar-refractivity contribution in [3.63, 3.8) is 0 Å². The normalized spacial score (nSPS) is 15.6. The van der Waals surface area contributed by atoms with Gasteiger partial charge in [-0.3, -0.25) is 4.79 Å². The van der Waals surface area contributed by atoms with Gasteiger partial charge in [-0.2, -0.15) is 0 Å². The average molecular weight is 406 g/mol. The molecular weight excluding hydrogens is 383 g/mol. The molecule has 1 aliphatic rings. The van der Waals surface area contributed by atoms with Crippen molar-refractivity contribution >= 4 is 23.2 Å². The van der Waals surface area contributed by atoms with Crippen molar-refractivity contribution in [2.75, 3.05) is 7.11 Å². The Morgan fingerprint density at radius 3 is 2.61 bits per heavy atom. The lowest BCUT2D eigenvalue weighted by atomic mass is 9.81. The molecule has 1 aliphatic carbocycles. The largest absolute Gasteiger partial charge is 0.486 e. The highest BCUT2D eigenvalue weighted by molar-refractivity contribution is 7.09. The molecule has 0 atom stereocenters. The number of rotatable bonds is 7. The molecule has 0 spiro atoms. The van der Waals surface area contributed by atoms with Crippen LogP contribution in [0.3, 0.4) is 0 Å². The molecule has 0 saturated heterocycles. The molecule has 0 unspecified atom stereocenters. The van der Waals surface area contributed by atoms with E-state index in [1.54, 1.807) is 17.5 Å². The van der Waals surface area contributed by atoms with Crippen LogP contribution in [0.4, 0.5) is 4.39 Å². The number of halogens is 1. The Bertz CT molecular complexity index is 816. The van der Waals surface area contributed by atoms with Crippen LogP contribution in [-0.4, -0.2) is 29.5 Å². The maximum absolute atomic E-state index is 12.9. The average Bonchev–Trinajstić information content (AvgIpc) is 3.14. The van der Waals surface area contributed by atoms with Crippen molar-refractivity contribution in [2.24, 2.45) is 0 Å². The maximum Gasteiger partial charge on any atom is 0.331 e. The van der Waals surface area contributed by atoms with E-state index in [1.807, 2.05) is 0 Å². The number of nitrogens with one attached hydrogen (secondary N) is 1. The number of benzene rings is 1. The van der Waals surface area contributed by atoms with Crippen molar-refractivity contribution in [3.05, 3.63) is 46.2 Å². The van der Waals surface area contributed by atoms with Crippen molar-refractivity contribution in [2.45, 2.75) is 50.7 Å². The first-order chi connectivity index (χ1) is 13.5. The monoisotopic (exact) mass is 406 g/mol. The second-order valence-electron chi connectivity index (χ2n) is 6.83. The van der Waals surface area contributed by atoms with E-state index in [4.69, 9.17) is 9.47 Å². The predicted octanol–water partition coefficient (Wildman–Crippen LogP) is 3.40. The van der Waals surface area contributed by atoms with Crippen molar-refractivity contribution in [1.82, 2.24) is 10.3 Å². The number of hydrogen-bond donors (Lipinski definition) is 1. The van der Waals surface area contributed by atoms with E-state index in [-0.39, 0.29) is 30.7 Å². The lowest BCUT2D eigenvalue weighted by Crippen LogP contribution is -2.56. The van der Waals surface area contributed by atoms with Crippen LogP contribution in [0.1, 0.15) is 42.8 Å². The Kier molecular flexibility index (Phi) is 6.61. The Balaban J connectivity index is 1.55. The Morgan fingerprint density at radius 1 is 1.21 bits per heavy atom. The second-order valence-corrected chi connectivity index (χ2v) is 7.78. The summed E-state index contributed by atoms with van der Waals surface area (Å²) in [5.41, 5.74) is -0.301. The number of hydrogen-bond acceptors (Lipinski definition) is 6. The summed E-state index contributed by atoms with van der Waals surface area (Å²) in [5.74, 6) is -0.401. The van der Waals surface area contributed by atoms with Gasteiger partial charge in [0.1, 0.15) is 28.7 Å². The number of thiazole rings is 1. The van der Waals surface area contributed by atoms with Gasteiger partial charge >= 0.3 is 5.97 Å². The molecule has 8 heteroatoms. The third kappa shape index (κ3) is 5.07. The van der Waals surface area contributed by atoms with Gasteiger partial charge in [0.05, 0.1) is 19.2 Å². The molecule has 1 saturated carbocycles. The molecule has 150 valence electrons. The van der Waals surface area contributed by atoms with Crippen LogP contribution < -0.4 is 10.1 Å². The van der Waals surface area contributed by atoms with Crippen LogP contribution in [0, 0.1) is 5.82 Å². The van der Waals surface area contributed by atoms with Gasteiger partial charge in [0.15, 0.2) is 0 Å². The SMILES string of the molecule is COC(=O)C1(NC(=O)Cc2csc(COc3ccc(F)cc3)n2)CCCCC1. The van der Waals surface area contributed by atoms with Crippen LogP contribution in [0.15, 0.2) is 29.6 Å². The highest BCUT2D eigenvalue weighted by Crippen LogP contribution is 2.29. The summed E-state index contributed by atoms with van der Waals surface area (Å²) in [7, 11) is 1.35. The molecule has 0 radical (unpaired) electrons. The molecule has 1 heterocycles. The molecule has 1 fully saturated rings. The standard InChI is InChI=1S/C20H23FN2O4S/c1-26-19(25)20(9-3-2-4-10-20)23-17(24)11-15-13-28-18(22-15)12-27-16-7-5-14(21)6-8-16/h5-8,13H,2-4,9-12H2,1H3,(H,23,24). The Labute approximate surface area is 167 Å². The molecule has 1 aromatic heterocycles. The van der Waals surface area contributed by atoms with Gasteiger partial charge in [0, 0.05) is 5.38 Å². The number of aromatic nitrogens is 1. The van der Waals surface area contributed by atoms with Crippen LogP contribution in [0.5, 0.6) is 5.75 Å². The topological polar surface area (TPSA) is 77.5 Å². The zero-order valence-corrected chi connectivity index (χ0v) is 16.5.